The summed E-state index contributed by atoms with van der Waals surface area (Å²) in [4.78, 5) is 22.2. The maximum atomic E-state index is 11.4. The molecule has 0 aliphatic heterocycles. The standard InChI is InChI=1S/C10H11NO4/c1-6-4-5-7(14-2)9(11-13)8(6)10(12)15-3/h4-5H,1-3H3/p+1. The number of nitroso groups, excluding NO2 is 1. The van der Waals surface area contributed by atoms with Gasteiger partial charge in [0.2, 0.25) is 0 Å². The Hall–Kier alpha value is -1.91. The molecule has 0 bridgehead atoms. The summed E-state index contributed by atoms with van der Waals surface area (Å²) in [5.74, 6) is -0.249. The number of nitrogens with one attached hydrogen (secondary N) is 1. The predicted octanol–water partition coefficient (Wildman–Crippen LogP) is 0.269. The molecule has 0 radical (unpaired) electrons. The number of esters is 1. The first-order valence-corrected chi connectivity index (χ1v) is 4.29. The summed E-state index contributed by atoms with van der Waals surface area (Å²) in [5, 5.41) is 1.70. The number of carbonyl (C=O) groups is 1. The fourth-order valence-corrected chi connectivity index (χ4v) is 1.32. The second kappa shape index (κ2) is 4.54. The van der Waals surface area contributed by atoms with Crippen LogP contribution in [0.3, 0.4) is 0 Å². The minimum atomic E-state index is -0.565. The molecule has 1 N–H and O–H groups in total. The van der Waals surface area contributed by atoms with Gasteiger partial charge in [0.05, 0.1) is 14.2 Å². The van der Waals surface area contributed by atoms with Gasteiger partial charge in [-0.3, -0.25) is 0 Å². The number of hydrogen-bond donors (Lipinski definition) is 1. The summed E-state index contributed by atoms with van der Waals surface area (Å²) < 4.78 is 9.54. The molecule has 0 fully saturated rings. The first-order valence-electron chi connectivity index (χ1n) is 4.29. The van der Waals surface area contributed by atoms with Crippen LogP contribution in [-0.2, 0) is 4.74 Å². The number of benzene rings is 1. The summed E-state index contributed by atoms with van der Waals surface area (Å²) >= 11 is 0. The fraction of sp³-hybridized carbons (Fsp3) is 0.300. The SMILES string of the molecule is COC(=O)c1c(C)ccc(OC)c1[NH+]=O. The molecule has 0 aromatic heterocycles. The van der Waals surface area contributed by atoms with Crippen LogP contribution in [0.5, 0.6) is 5.75 Å². The van der Waals surface area contributed by atoms with Crippen LogP contribution in [0.4, 0.5) is 5.69 Å². The Morgan fingerprint density at radius 1 is 1.33 bits per heavy atom. The molecule has 1 rings (SSSR count). The van der Waals surface area contributed by atoms with Crippen molar-refractivity contribution in [2.24, 2.45) is 0 Å². The van der Waals surface area contributed by atoms with E-state index in [1.807, 2.05) is 0 Å². The van der Waals surface area contributed by atoms with Crippen molar-refractivity contribution < 1.29 is 19.4 Å². The predicted molar refractivity (Wildman–Crippen MR) is 53.1 cm³/mol. The van der Waals surface area contributed by atoms with Crippen LogP contribution in [0.25, 0.3) is 0 Å². The normalized spacial score (nSPS) is 9.53. The van der Waals surface area contributed by atoms with Crippen molar-refractivity contribution in [2.75, 3.05) is 14.2 Å². The molecule has 5 nitrogen and oxygen atoms in total. The summed E-state index contributed by atoms with van der Waals surface area (Å²) in [6.07, 6.45) is 0. The maximum absolute atomic E-state index is 11.4. The van der Waals surface area contributed by atoms with E-state index in [0.717, 1.165) is 0 Å². The van der Waals surface area contributed by atoms with E-state index in [4.69, 9.17) is 4.74 Å². The molecule has 5 heteroatoms. The van der Waals surface area contributed by atoms with Gasteiger partial charge in [0.1, 0.15) is 5.56 Å². The van der Waals surface area contributed by atoms with Crippen molar-refractivity contribution in [3.8, 4) is 5.75 Å². The van der Waals surface area contributed by atoms with Crippen LogP contribution < -0.4 is 9.91 Å². The molecule has 0 saturated heterocycles. The third-order valence-electron chi connectivity index (χ3n) is 2.09. The van der Waals surface area contributed by atoms with Gasteiger partial charge in [-0.1, -0.05) is 6.07 Å². The first-order chi connectivity index (χ1) is 7.15. The van der Waals surface area contributed by atoms with E-state index >= 15 is 0 Å². The summed E-state index contributed by atoms with van der Waals surface area (Å²) in [6.45, 7) is 1.71. The minimum absolute atomic E-state index is 0.101. The molecular weight excluding hydrogens is 198 g/mol. The van der Waals surface area contributed by atoms with Crippen molar-refractivity contribution in [2.45, 2.75) is 6.92 Å². The Morgan fingerprint density at radius 2 is 2.00 bits per heavy atom. The van der Waals surface area contributed by atoms with Gasteiger partial charge in [0, 0.05) is 10.1 Å². The molecule has 0 heterocycles. The number of rotatable bonds is 3. The van der Waals surface area contributed by atoms with E-state index in [2.05, 4.69) is 4.74 Å². The molecule has 0 amide bonds. The highest BCUT2D eigenvalue weighted by Gasteiger charge is 2.24. The Labute approximate surface area is 87.0 Å². The zero-order valence-corrected chi connectivity index (χ0v) is 8.79. The molecule has 1 aromatic carbocycles. The third-order valence-corrected chi connectivity index (χ3v) is 2.09. The molecule has 0 atom stereocenters. The van der Waals surface area contributed by atoms with E-state index < -0.39 is 5.97 Å². The van der Waals surface area contributed by atoms with Crippen molar-refractivity contribution in [1.29, 1.82) is 0 Å². The Balaban J connectivity index is 3.45. The minimum Gasteiger partial charge on any atom is -0.490 e. The van der Waals surface area contributed by atoms with Crippen LogP contribution in [0.2, 0.25) is 0 Å². The van der Waals surface area contributed by atoms with Crippen molar-refractivity contribution >= 4 is 11.7 Å². The van der Waals surface area contributed by atoms with Crippen molar-refractivity contribution in [3.05, 3.63) is 28.2 Å². The Morgan fingerprint density at radius 3 is 2.47 bits per heavy atom. The van der Waals surface area contributed by atoms with E-state index in [1.54, 1.807) is 24.2 Å². The second-order valence-corrected chi connectivity index (χ2v) is 2.93. The summed E-state index contributed by atoms with van der Waals surface area (Å²) in [7, 11) is 2.68. The van der Waals surface area contributed by atoms with Gasteiger partial charge in [-0.05, 0) is 18.6 Å². The number of hydrogen-bond acceptors (Lipinski definition) is 4. The fourth-order valence-electron chi connectivity index (χ4n) is 1.32. The van der Waals surface area contributed by atoms with Gasteiger partial charge in [-0.25, -0.2) is 4.79 Å². The first kappa shape index (κ1) is 11.2. The van der Waals surface area contributed by atoms with Crippen molar-refractivity contribution in [3.63, 3.8) is 0 Å². The van der Waals surface area contributed by atoms with Crippen LogP contribution in [0, 0.1) is 11.8 Å². The molecule has 0 unspecified atom stereocenters. The highest BCUT2D eigenvalue weighted by molar-refractivity contribution is 5.96. The lowest BCUT2D eigenvalue weighted by atomic mass is 10.1. The topological polar surface area (TPSA) is 66.6 Å². The maximum Gasteiger partial charge on any atom is 0.345 e. The Kier molecular flexibility index (Phi) is 3.38. The lowest BCUT2D eigenvalue weighted by molar-refractivity contribution is -0.380. The van der Waals surface area contributed by atoms with E-state index in [0.29, 0.717) is 11.3 Å². The van der Waals surface area contributed by atoms with Gasteiger partial charge in [-0.15, -0.1) is 0 Å². The lowest BCUT2D eigenvalue weighted by Crippen LogP contribution is -2.57. The molecule has 0 aliphatic rings. The number of ether oxygens (including phenoxy) is 2. The lowest BCUT2D eigenvalue weighted by Gasteiger charge is -2.05. The zero-order chi connectivity index (χ0) is 11.4. The average Bonchev–Trinajstić information content (AvgIpc) is 2.27. The largest absolute Gasteiger partial charge is 0.490 e. The van der Waals surface area contributed by atoms with Crippen LogP contribution >= 0.6 is 0 Å². The molecule has 0 saturated carbocycles. The quantitative estimate of drug-likeness (QED) is 0.727. The molecule has 1 aromatic rings. The number of methoxy groups -OCH3 is 2. The van der Waals surface area contributed by atoms with Gasteiger partial charge in [-0.2, -0.15) is 0 Å². The number of carbonyl (C=O) groups excluding carboxylic acids is 1. The molecule has 80 valence electrons. The van der Waals surface area contributed by atoms with E-state index in [-0.39, 0.29) is 11.3 Å². The van der Waals surface area contributed by atoms with Gasteiger partial charge in [0.25, 0.3) is 0 Å². The molecular formula is C10H12NO4+. The van der Waals surface area contributed by atoms with E-state index in [9.17, 15) is 9.70 Å². The van der Waals surface area contributed by atoms with Gasteiger partial charge < -0.3 is 9.47 Å². The highest BCUT2D eigenvalue weighted by Crippen LogP contribution is 2.26. The second-order valence-electron chi connectivity index (χ2n) is 2.93. The summed E-state index contributed by atoms with van der Waals surface area (Å²) in [5.41, 5.74) is 0.956. The molecule has 15 heavy (non-hydrogen) atoms. The third kappa shape index (κ3) is 1.96. The van der Waals surface area contributed by atoms with Gasteiger partial charge >= 0.3 is 11.7 Å². The zero-order valence-electron chi connectivity index (χ0n) is 8.79. The van der Waals surface area contributed by atoms with Crippen LogP contribution in [-0.4, -0.2) is 20.2 Å². The Bertz CT molecular complexity index is 401. The van der Waals surface area contributed by atoms with E-state index in [1.165, 1.54) is 14.2 Å². The highest BCUT2D eigenvalue weighted by atomic mass is 16.5. The van der Waals surface area contributed by atoms with Crippen LogP contribution in [0.1, 0.15) is 15.9 Å². The number of aryl methyl sites for hydroxylation is 1. The molecule has 0 aliphatic carbocycles. The molecule has 0 spiro atoms. The smallest absolute Gasteiger partial charge is 0.345 e. The average molecular weight is 210 g/mol. The van der Waals surface area contributed by atoms with Crippen LogP contribution in [0.15, 0.2) is 12.1 Å². The van der Waals surface area contributed by atoms with Gasteiger partial charge in [0.15, 0.2) is 5.75 Å². The summed E-state index contributed by atoms with van der Waals surface area (Å²) in [6, 6.07) is 3.30. The monoisotopic (exact) mass is 210 g/mol. The van der Waals surface area contributed by atoms with Crippen molar-refractivity contribution in [1.82, 2.24) is 0 Å².